The molecule has 0 radical (unpaired) electrons. The van der Waals surface area contributed by atoms with Gasteiger partial charge in [0.15, 0.2) is 0 Å². The number of hydrazine groups is 1. The molecular formula is C19H23N5O2. The van der Waals surface area contributed by atoms with Crippen LogP contribution in [0.4, 0.5) is 0 Å². The number of nitrogens with one attached hydrogen (secondary N) is 3. The third-order valence-corrected chi connectivity index (χ3v) is 4.78. The zero-order valence-electron chi connectivity index (χ0n) is 15.0. The second kappa shape index (κ2) is 6.93. The van der Waals surface area contributed by atoms with E-state index in [1.807, 2.05) is 44.2 Å². The lowest BCUT2D eigenvalue weighted by molar-refractivity contribution is -0.123. The summed E-state index contributed by atoms with van der Waals surface area (Å²) in [4.78, 5) is 17.0. The second-order valence-corrected chi connectivity index (χ2v) is 6.76. The lowest BCUT2D eigenvalue weighted by atomic mass is 10.1. The SMILES string of the molecule is Cc1ccc(CNC(=O)C2CC(Cn3c(C)nc4ccccc43)NN2)o1. The molecule has 1 fully saturated rings. The van der Waals surface area contributed by atoms with Gasteiger partial charge in [-0.3, -0.25) is 10.2 Å². The number of carbonyl (C=O) groups excluding carboxylic acids is 1. The molecule has 4 rings (SSSR count). The zero-order valence-corrected chi connectivity index (χ0v) is 15.0. The van der Waals surface area contributed by atoms with Crippen molar-refractivity contribution in [1.29, 1.82) is 0 Å². The Morgan fingerprint density at radius 2 is 2.12 bits per heavy atom. The summed E-state index contributed by atoms with van der Waals surface area (Å²) in [6.07, 6.45) is 0.717. The maximum absolute atomic E-state index is 12.4. The van der Waals surface area contributed by atoms with Gasteiger partial charge in [0.05, 0.1) is 17.6 Å². The maximum Gasteiger partial charge on any atom is 0.238 e. The number of rotatable bonds is 5. The van der Waals surface area contributed by atoms with Gasteiger partial charge < -0.3 is 14.3 Å². The summed E-state index contributed by atoms with van der Waals surface area (Å²) in [5, 5.41) is 2.92. The molecule has 1 amide bonds. The first kappa shape index (κ1) is 16.8. The highest BCUT2D eigenvalue weighted by atomic mass is 16.3. The molecule has 136 valence electrons. The Bertz CT molecular complexity index is 929. The molecule has 0 aliphatic carbocycles. The average molecular weight is 353 g/mol. The van der Waals surface area contributed by atoms with Gasteiger partial charge in [0.2, 0.25) is 5.91 Å². The van der Waals surface area contributed by atoms with Crippen molar-refractivity contribution >= 4 is 16.9 Å². The van der Waals surface area contributed by atoms with Crippen LogP contribution >= 0.6 is 0 Å². The third-order valence-electron chi connectivity index (χ3n) is 4.78. The van der Waals surface area contributed by atoms with Crippen molar-refractivity contribution in [2.45, 2.75) is 45.4 Å². The number of aryl methyl sites for hydroxylation is 2. The Morgan fingerprint density at radius 1 is 1.27 bits per heavy atom. The van der Waals surface area contributed by atoms with Crippen molar-refractivity contribution in [2.24, 2.45) is 0 Å². The molecule has 0 spiro atoms. The number of imidazole rings is 1. The molecule has 1 aromatic carbocycles. The lowest BCUT2D eigenvalue weighted by Crippen LogP contribution is -2.43. The van der Waals surface area contributed by atoms with Crippen LogP contribution in [0.2, 0.25) is 0 Å². The highest BCUT2D eigenvalue weighted by molar-refractivity contribution is 5.82. The van der Waals surface area contributed by atoms with E-state index >= 15 is 0 Å². The number of carbonyl (C=O) groups is 1. The van der Waals surface area contributed by atoms with Gasteiger partial charge in [-0.25, -0.2) is 10.4 Å². The summed E-state index contributed by atoms with van der Waals surface area (Å²) in [6, 6.07) is 11.8. The smallest absolute Gasteiger partial charge is 0.238 e. The van der Waals surface area contributed by atoms with E-state index in [0.29, 0.717) is 6.54 Å². The predicted octanol–water partition coefficient (Wildman–Crippen LogP) is 1.80. The van der Waals surface area contributed by atoms with Crippen LogP contribution in [-0.2, 0) is 17.9 Å². The number of hydrogen-bond donors (Lipinski definition) is 3. The van der Waals surface area contributed by atoms with Crippen molar-refractivity contribution in [2.75, 3.05) is 0 Å². The van der Waals surface area contributed by atoms with Gasteiger partial charge in [0.25, 0.3) is 0 Å². The molecule has 2 aromatic heterocycles. The average Bonchev–Trinajstić information content (AvgIpc) is 3.33. The minimum Gasteiger partial charge on any atom is -0.465 e. The normalized spacial score (nSPS) is 19.9. The molecule has 2 unspecified atom stereocenters. The van der Waals surface area contributed by atoms with Crippen LogP contribution in [0, 0.1) is 13.8 Å². The van der Waals surface area contributed by atoms with E-state index in [1.54, 1.807) is 0 Å². The Labute approximate surface area is 151 Å². The van der Waals surface area contributed by atoms with Gasteiger partial charge >= 0.3 is 0 Å². The molecule has 1 saturated heterocycles. The van der Waals surface area contributed by atoms with Crippen molar-refractivity contribution < 1.29 is 9.21 Å². The van der Waals surface area contributed by atoms with E-state index < -0.39 is 0 Å². The fourth-order valence-corrected chi connectivity index (χ4v) is 3.44. The molecule has 3 aromatic rings. The maximum atomic E-state index is 12.4. The van der Waals surface area contributed by atoms with Gasteiger partial charge in [0, 0.05) is 12.6 Å². The first-order chi connectivity index (χ1) is 12.6. The Hall–Kier alpha value is -2.64. The van der Waals surface area contributed by atoms with Gasteiger partial charge in [0.1, 0.15) is 23.4 Å². The van der Waals surface area contributed by atoms with Crippen molar-refractivity contribution in [3.63, 3.8) is 0 Å². The molecule has 3 heterocycles. The van der Waals surface area contributed by atoms with Crippen molar-refractivity contribution in [3.05, 3.63) is 53.7 Å². The molecule has 0 bridgehead atoms. The van der Waals surface area contributed by atoms with E-state index in [-0.39, 0.29) is 18.0 Å². The predicted molar refractivity (Wildman–Crippen MR) is 98.2 cm³/mol. The van der Waals surface area contributed by atoms with Gasteiger partial charge in [-0.15, -0.1) is 0 Å². The van der Waals surface area contributed by atoms with Crippen LogP contribution in [0.5, 0.6) is 0 Å². The standard InChI is InChI=1S/C19H23N5O2/c1-12-7-8-15(26-12)10-20-19(25)17-9-14(22-23-17)11-24-13(2)21-16-5-3-4-6-18(16)24/h3-8,14,17,22-23H,9-11H2,1-2H3,(H,20,25). The van der Waals surface area contributed by atoms with Crippen LogP contribution in [0.3, 0.4) is 0 Å². The number of hydrogen-bond acceptors (Lipinski definition) is 5. The number of para-hydroxylation sites is 2. The highest BCUT2D eigenvalue weighted by Crippen LogP contribution is 2.18. The molecule has 0 saturated carbocycles. The molecule has 1 aliphatic heterocycles. The number of benzene rings is 1. The molecule has 7 nitrogen and oxygen atoms in total. The van der Waals surface area contributed by atoms with Crippen LogP contribution in [0.15, 0.2) is 40.8 Å². The summed E-state index contributed by atoms with van der Waals surface area (Å²) in [6.45, 7) is 5.07. The fourth-order valence-electron chi connectivity index (χ4n) is 3.44. The zero-order chi connectivity index (χ0) is 18.1. The minimum atomic E-state index is -0.258. The van der Waals surface area contributed by atoms with Crippen LogP contribution in [0.25, 0.3) is 11.0 Å². The quantitative estimate of drug-likeness (QED) is 0.651. The van der Waals surface area contributed by atoms with Crippen LogP contribution < -0.4 is 16.2 Å². The first-order valence-corrected chi connectivity index (χ1v) is 8.86. The van der Waals surface area contributed by atoms with Crippen molar-refractivity contribution in [3.8, 4) is 0 Å². The fraction of sp³-hybridized carbons (Fsp3) is 0.368. The number of fused-ring (bicyclic) bond motifs is 1. The summed E-state index contributed by atoms with van der Waals surface area (Å²) in [7, 11) is 0. The molecule has 7 heteroatoms. The van der Waals surface area contributed by atoms with Gasteiger partial charge in [-0.05, 0) is 44.5 Å². The Kier molecular flexibility index (Phi) is 4.48. The van der Waals surface area contributed by atoms with Crippen molar-refractivity contribution in [1.82, 2.24) is 25.7 Å². The summed E-state index contributed by atoms with van der Waals surface area (Å²) < 4.78 is 7.68. The highest BCUT2D eigenvalue weighted by Gasteiger charge is 2.29. The minimum absolute atomic E-state index is 0.0266. The summed E-state index contributed by atoms with van der Waals surface area (Å²) >= 11 is 0. The summed E-state index contributed by atoms with van der Waals surface area (Å²) in [5.74, 6) is 2.56. The molecule has 1 aliphatic rings. The first-order valence-electron chi connectivity index (χ1n) is 8.86. The topological polar surface area (TPSA) is 84.1 Å². The Morgan fingerprint density at radius 3 is 2.92 bits per heavy atom. The van der Waals surface area contributed by atoms with Gasteiger partial charge in [-0.1, -0.05) is 12.1 Å². The van der Waals surface area contributed by atoms with E-state index in [2.05, 4.69) is 31.8 Å². The molecule has 2 atom stereocenters. The number of aromatic nitrogens is 2. The summed E-state index contributed by atoms with van der Waals surface area (Å²) in [5.41, 5.74) is 8.46. The lowest BCUT2D eigenvalue weighted by Gasteiger charge is -2.13. The monoisotopic (exact) mass is 353 g/mol. The molecular weight excluding hydrogens is 330 g/mol. The van der Waals surface area contributed by atoms with Gasteiger partial charge in [-0.2, -0.15) is 0 Å². The Balaban J connectivity index is 1.36. The number of furan rings is 1. The largest absolute Gasteiger partial charge is 0.465 e. The molecule has 3 N–H and O–H groups in total. The van der Waals surface area contributed by atoms with E-state index in [9.17, 15) is 4.79 Å². The number of nitrogens with zero attached hydrogens (tertiary/aromatic N) is 2. The second-order valence-electron chi connectivity index (χ2n) is 6.76. The third kappa shape index (κ3) is 3.36. The van der Waals surface area contributed by atoms with Crippen LogP contribution in [0.1, 0.15) is 23.8 Å². The van der Waals surface area contributed by atoms with Crippen LogP contribution in [-0.4, -0.2) is 27.5 Å². The number of amides is 1. The molecule has 26 heavy (non-hydrogen) atoms. The van der Waals surface area contributed by atoms with E-state index in [1.165, 1.54) is 0 Å². The van der Waals surface area contributed by atoms with E-state index in [0.717, 1.165) is 41.3 Å². The van der Waals surface area contributed by atoms with E-state index in [4.69, 9.17) is 4.42 Å².